The summed E-state index contributed by atoms with van der Waals surface area (Å²) in [5.41, 5.74) is 12.8. The zero-order valence-corrected chi connectivity index (χ0v) is 16.6. The summed E-state index contributed by atoms with van der Waals surface area (Å²) >= 11 is 1.27. The SMILES string of the molecule is NSCCCO.Nc1ccccc1.[NH-]CCCC(=O)C(=O)O.[W]. The number of ketones is 1. The second kappa shape index (κ2) is 21.1. The van der Waals surface area contributed by atoms with Gasteiger partial charge in [-0.15, -0.1) is 0 Å². The van der Waals surface area contributed by atoms with E-state index in [1.54, 1.807) is 0 Å². The van der Waals surface area contributed by atoms with Crippen LogP contribution >= 0.6 is 11.9 Å². The molecule has 0 saturated heterocycles. The summed E-state index contributed by atoms with van der Waals surface area (Å²) in [6, 6.07) is 9.49. The number of hydrogen-bond acceptors (Lipinski definition) is 6. The van der Waals surface area contributed by atoms with Gasteiger partial charge >= 0.3 is 5.97 Å². The molecule has 0 radical (unpaired) electrons. The Balaban J connectivity index is -0.000000261. The third-order valence-electron chi connectivity index (χ3n) is 2.04. The third kappa shape index (κ3) is 23.5. The smallest absolute Gasteiger partial charge is 0.372 e. The van der Waals surface area contributed by atoms with Crippen LogP contribution in [0.4, 0.5) is 5.69 Å². The molecule has 0 aliphatic rings. The van der Waals surface area contributed by atoms with E-state index in [-0.39, 0.29) is 40.6 Å². The number of aliphatic carboxylic acids is 1. The fourth-order valence-corrected chi connectivity index (χ4v) is 1.25. The van der Waals surface area contributed by atoms with Crippen molar-refractivity contribution in [3.63, 3.8) is 0 Å². The van der Waals surface area contributed by atoms with E-state index in [0.717, 1.165) is 17.9 Å². The number of hydrogen-bond donors (Lipinski definition) is 4. The molecule has 1 aromatic rings. The van der Waals surface area contributed by atoms with Gasteiger partial charge in [-0.05, 0) is 18.6 Å². The molecular formula is C14H24N3O4SW-. The molecule has 0 heterocycles. The van der Waals surface area contributed by atoms with Gasteiger partial charge in [-0.25, -0.2) is 4.79 Å². The van der Waals surface area contributed by atoms with Crippen molar-refractivity contribution in [3.8, 4) is 0 Å². The van der Waals surface area contributed by atoms with Crippen LogP contribution in [0, 0.1) is 0 Å². The second-order valence-electron chi connectivity index (χ2n) is 3.94. The van der Waals surface area contributed by atoms with Crippen LogP contribution in [0.1, 0.15) is 19.3 Å². The summed E-state index contributed by atoms with van der Waals surface area (Å²) in [5.74, 6) is -1.35. The zero-order valence-electron chi connectivity index (χ0n) is 12.8. The minimum Gasteiger partial charge on any atom is -0.677 e. The Bertz CT molecular complexity index is 393. The number of nitrogens with two attached hydrogens (primary N) is 2. The minimum absolute atomic E-state index is 0. The number of para-hydroxylation sites is 1. The van der Waals surface area contributed by atoms with Crippen LogP contribution < -0.4 is 10.9 Å². The Morgan fingerprint density at radius 3 is 2.00 bits per heavy atom. The number of nitrogen functional groups attached to an aromatic ring is 1. The fourth-order valence-electron chi connectivity index (χ4n) is 0.957. The van der Waals surface area contributed by atoms with Gasteiger partial charge in [0.15, 0.2) is 0 Å². The van der Waals surface area contributed by atoms with Crippen LogP contribution in [0.25, 0.3) is 5.73 Å². The summed E-state index contributed by atoms with van der Waals surface area (Å²) in [4.78, 5) is 20.0. The van der Waals surface area contributed by atoms with E-state index in [2.05, 4.69) is 0 Å². The number of aliphatic hydroxyl groups excluding tert-OH is 1. The number of nitrogens with one attached hydrogen (secondary N) is 1. The monoisotopic (exact) mass is 514 g/mol. The van der Waals surface area contributed by atoms with E-state index >= 15 is 0 Å². The van der Waals surface area contributed by atoms with Crippen molar-refractivity contribution in [3.05, 3.63) is 36.1 Å². The van der Waals surface area contributed by atoms with E-state index in [1.165, 1.54) is 11.9 Å². The second-order valence-corrected chi connectivity index (χ2v) is 4.68. The van der Waals surface area contributed by atoms with Crippen LogP contribution in [0.2, 0.25) is 0 Å². The predicted octanol–water partition coefficient (Wildman–Crippen LogP) is 1.71. The molecule has 0 spiro atoms. The number of carboxylic acids is 1. The number of anilines is 1. The van der Waals surface area contributed by atoms with Crippen LogP contribution in [0.15, 0.2) is 30.3 Å². The Morgan fingerprint density at radius 2 is 1.74 bits per heavy atom. The van der Waals surface area contributed by atoms with Crippen LogP contribution in [0.3, 0.4) is 0 Å². The Hall–Kier alpha value is -0.922. The van der Waals surface area contributed by atoms with Gasteiger partial charge in [-0.1, -0.05) is 36.6 Å². The predicted molar refractivity (Wildman–Crippen MR) is 90.3 cm³/mol. The molecule has 9 heteroatoms. The van der Waals surface area contributed by atoms with E-state index in [1.807, 2.05) is 30.3 Å². The van der Waals surface area contributed by atoms with E-state index in [4.69, 9.17) is 26.8 Å². The van der Waals surface area contributed by atoms with Gasteiger partial charge in [0.1, 0.15) is 0 Å². The van der Waals surface area contributed by atoms with Gasteiger partial charge in [0.25, 0.3) is 0 Å². The molecule has 0 unspecified atom stereocenters. The van der Waals surface area contributed by atoms with Crippen molar-refractivity contribution >= 4 is 29.4 Å². The number of benzene rings is 1. The van der Waals surface area contributed by atoms with Gasteiger partial charge in [0.05, 0.1) is 0 Å². The molecule has 0 atom stereocenters. The molecule has 23 heavy (non-hydrogen) atoms. The van der Waals surface area contributed by atoms with E-state index in [9.17, 15) is 9.59 Å². The van der Waals surface area contributed by atoms with Crippen molar-refractivity contribution < 1.29 is 40.9 Å². The average Bonchev–Trinajstić information content (AvgIpc) is 2.52. The average molecular weight is 514 g/mol. The molecule has 0 fully saturated rings. The number of aliphatic hydroxyl groups is 1. The van der Waals surface area contributed by atoms with Crippen molar-refractivity contribution in [2.24, 2.45) is 5.14 Å². The van der Waals surface area contributed by atoms with Crippen molar-refractivity contribution in [1.29, 1.82) is 0 Å². The van der Waals surface area contributed by atoms with E-state index in [0.29, 0.717) is 6.42 Å². The molecule has 0 aromatic heterocycles. The molecule has 0 aliphatic heterocycles. The molecule has 7 N–H and O–H groups in total. The zero-order chi connectivity index (χ0) is 17.2. The summed E-state index contributed by atoms with van der Waals surface area (Å²) in [5, 5.41) is 21.1. The quantitative estimate of drug-likeness (QED) is 0.187. The maximum Gasteiger partial charge on any atom is 0.372 e. The maximum absolute atomic E-state index is 10.2. The molecule has 0 aliphatic carbocycles. The summed E-state index contributed by atoms with van der Waals surface area (Å²) in [6.07, 6.45) is 1.13. The Morgan fingerprint density at radius 1 is 1.17 bits per heavy atom. The summed E-state index contributed by atoms with van der Waals surface area (Å²) in [6.45, 7) is 0.364. The van der Waals surface area contributed by atoms with Gasteiger partial charge < -0.3 is 21.7 Å². The fraction of sp³-hybridized carbons (Fsp3) is 0.429. The standard InChI is InChI=1S/C6H7N.C5H8NO3.C3H9NOS.W/c7-6-4-2-1-3-5-6;6-3-1-2-4(7)5(8)9;4-6-3-1-2-5;/h1-5H,7H2;6H,1-3H2,(H,8,9);5H,1-4H2;/q;-1;;. The van der Waals surface area contributed by atoms with Crippen LogP contribution in [-0.2, 0) is 30.7 Å². The molecule has 132 valence electrons. The Labute approximate surface area is 155 Å². The van der Waals surface area contributed by atoms with Crippen molar-refractivity contribution in [2.45, 2.75) is 19.3 Å². The number of Topliss-reactive ketones (excluding diaryl/α,β-unsaturated/α-hetero) is 1. The molecule has 1 rings (SSSR count). The Kier molecular flexibility index (Phi) is 24.7. The summed E-state index contributed by atoms with van der Waals surface area (Å²) in [7, 11) is 0. The topological polar surface area (TPSA) is 150 Å². The first-order valence-electron chi connectivity index (χ1n) is 6.63. The molecule has 0 amide bonds. The largest absolute Gasteiger partial charge is 0.677 e. The van der Waals surface area contributed by atoms with Gasteiger partial charge in [-0.2, -0.15) is 6.54 Å². The number of rotatable bonds is 7. The van der Waals surface area contributed by atoms with Gasteiger partial charge in [0.2, 0.25) is 5.78 Å². The number of carbonyl (C=O) groups excluding carboxylic acids is 1. The molecule has 0 saturated carbocycles. The first-order chi connectivity index (χ1) is 10.5. The van der Waals surface area contributed by atoms with Crippen molar-refractivity contribution in [1.82, 2.24) is 0 Å². The molecule has 0 bridgehead atoms. The third-order valence-corrected chi connectivity index (χ3v) is 2.56. The maximum atomic E-state index is 10.2. The minimum atomic E-state index is -1.40. The summed E-state index contributed by atoms with van der Waals surface area (Å²) < 4.78 is 0. The van der Waals surface area contributed by atoms with E-state index < -0.39 is 11.8 Å². The van der Waals surface area contributed by atoms with Crippen LogP contribution in [-0.4, -0.2) is 40.9 Å². The van der Waals surface area contributed by atoms with Crippen molar-refractivity contribution in [2.75, 3.05) is 24.6 Å². The number of carbonyl (C=O) groups is 2. The van der Waals surface area contributed by atoms with Crippen LogP contribution in [0.5, 0.6) is 0 Å². The molecule has 7 nitrogen and oxygen atoms in total. The molecular weight excluding hydrogens is 490 g/mol. The van der Waals surface area contributed by atoms with Gasteiger partial charge in [0, 0.05) is 45.5 Å². The van der Waals surface area contributed by atoms with Gasteiger partial charge in [-0.3, -0.25) is 9.93 Å². The first kappa shape index (κ1) is 26.9. The number of carboxylic acid groups (broad SMARTS) is 1. The molecule has 1 aromatic carbocycles. The first-order valence-corrected chi connectivity index (χ1v) is 7.68. The normalized spacial score (nSPS) is 8.48.